The largest absolute Gasteiger partial charge is 0.478 e. The first-order valence-corrected chi connectivity index (χ1v) is 7.51. The number of anilines is 1. The Morgan fingerprint density at radius 3 is 2.55 bits per heavy atom. The number of rotatable bonds is 4. The SMILES string of the molecule is O=C(O)c1cc(F)c(F)c(S(=O)(=O)Nc2ccsc2)c1. The lowest BCUT2D eigenvalue weighted by Crippen LogP contribution is -2.16. The van der Waals surface area contributed by atoms with E-state index in [4.69, 9.17) is 5.11 Å². The molecule has 20 heavy (non-hydrogen) atoms. The average molecular weight is 319 g/mol. The summed E-state index contributed by atoms with van der Waals surface area (Å²) in [6, 6.07) is 2.41. The number of sulfonamides is 1. The highest BCUT2D eigenvalue weighted by Crippen LogP contribution is 2.23. The molecule has 1 aromatic carbocycles. The van der Waals surface area contributed by atoms with Crippen molar-refractivity contribution in [2.75, 3.05) is 4.72 Å². The van der Waals surface area contributed by atoms with Crippen molar-refractivity contribution in [3.05, 3.63) is 46.2 Å². The Hall–Kier alpha value is -2.00. The van der Waals surface area contributed by atoms with Crippen LogP contribution in [0.15, 0.2) is 33.9 Å². The monoisotopic (exact) mass is 319 g/mol. The molecule has 0 radical (unpaired) electrons. The Morgan fingerprint density at radius 2 is 2.00 bits per heavy atom. The highest BCUT2D eigenvalue weighted by atomic mass is 32.2. The van der Waals surface area contributed by atoms with Gasteiger partial charge in [-0.05, 0) is 23.6 Å². The third kappa shape index (κ3) is 2.78. The number of carbonyl (C=O) groups is 1. The highest BCUT2D eigenvalue weighted by molar-refractivity contribution is 7.92. The van der Waals surface area contributed by atoms with E-state index in [0.717, 1.165) is 0 Å². The summed E-state index contributed by atoms with van der Waals surface area (Å²) in [5.41, 5.74) is -0.481. The Bertz CT molecular complexity index is 757. The fraction of sp³-hybridized carbons (Fsp3) is 0. The summed E-state index contributed by atoms with van der Waals surface area (Å²) >= 11 is 1.20. The van der Waals surface area contributed by atoms with E-state index < -0.39 is 38.1 Å². The molecule has 2 aromatic rings. The first-order valence-electron chi connectivity index (χ1n) is 5.08. The average Bonchev–Trinajstić information content (AvgIpc) is 2.83. The summed E-state index contributed by atoms with van der Waals surface area (Å²) in [4.78, 5) is 9.70. The molecule has 2 rings (SSSR count). The van der Waals surface area contributed by atoms with Crippen molar-refractivity contribution < 1.29 is 27.1 Å². The van der Waals surface area contributed by atoms with Gasteiger partial charge in [0, 0.05) is 5.38 Å². The second kappa shape index (κ2) is 5.17. The molecule has 0 unspecified atom stereocenters. The first kappa shape index (κ1) is 14.4. The molecule has 106 valence electrons. The smallest absolute Gasteiger partial charge is 0.335 e. The van der Waals surface area contributed by atoms with Crippen molar-refractivity contribution in [2.24, 2.45) is 0 Å². The van der Waals surface area contributed by atoms with Gasteiger partial charge in [0.15, 0.2) is 11.6 Å². The van der Waals surface area contributed by atoms with Gasteiger partial charge < -0.3 is 5.11 Å². The van der Waals surface area contributed by atoms with E-state index in [9.17, 15) is 22.0 Å². The summed E-state index contributed by atoms with van der Waals surface area (Å²) in [5, 5.41) is 11.8. The topological polar surface area (TPSA) is 83.5 Å². The number of aromatic carboxylic acids is 1. The van der Waals surface area contributed by atoms with Gasteiger partial charge in [-0.25, -0.2) is 22.0 Å². The lowest BCUT2D eigenvalue weighted by atomic mass is 10.2. The molecule has 5 nitrogen and oxygen atoms in total. The van der Waals surface area contributed by atoms with E-state index in [1.165, 1.54) is 22.8 Å². The van der Waals surface area contributed by atoms with Crippen LogP contribution in [-0.2, 0) is 10.0 Å². The number of thiophene rings is 1. The van der Waals surface area contributed by atoms with Crippen LogP contribution in [-0.4, -0.2) is 19.5 Å². The van der Waals surface area contributed by atoms with Crippen LogP contribution in [0.2, 0.25) is 0 Å². The van der Waals surface area contributed by atoms with Crippen LogP contribution >= 0.6 is 11.3 Å². The fourth-order valence-electron chi connectivity index (χ4n) is 1.42. The number of nitrogens with one attached hydrogen (secondary N) is 1. The second-order valence-electron chi connectivity index (χ2n) is 3.69. The number of benzene rings is 1. The van der Waals surface area contributed by atoms with Crippen LogP contribution in [0.4, 0.5) is 14.5 Å². The molecule has 0 amide bonds. The minimum atomic E-state index is -4.41. The number of hydrogen-bond acceptors (Lipinski definition) is 4. The fourth-order valence-corrected chi connectivity index (χ4v) is 3.24. The Kier molecular flexibility index (Phi) is 3.73. The van der Waals surface area contributed by atoms with Gasteiger partial charge in [0.1, 0.15) is 4.90 Å². The molecule has 0 atom stereocenters. The summed E-state index contributed by atoms with van der Waals surface area (Å²) in [7, 11) is -4.41. The molecule has 0 aliphatic rings. The Balaban J connectivity index is 2.53. The van der Waals surface area contributed by atoms with Crippen molar-refractivity contribution in [3.8, 4) is 0 Å². The number of halogens is 2. The van der Waals surface area contributed by atoms with Gasteiger partial charge in [-0.15, -0.1) is 0 Å². The third-order valence-electron chi connectivity index (χ3n) is 2.30. The van der Waals surface area contributed by atoms with Gasteiger partial charge in [0.05, 0.1) is 11.3 Å². The number of carboxylic acids is 1. The van der Waals surface area contributed by atoms with Gasteiger partial charge in [0.2, 0.25) is 0 Å². The Morgan fingerprint density at radius 1 is 1.30 bits per heavy atom. The van der Waals surface area contributed by atoms with E-state index >= 15 is 0 Å². The van der Waals surface area contributed by atoms with Crippen molar-refractivity contribution in [2.45, 2.75) is 4.90 Å². The van der Waals surface area contributed by atoms with Crippen molar-refractivity contribution >= 4 is 33.0 Å². The van der Waals surface area contributed by atoms with E-state index in [2.05, 4.69) is 0 Å². The summed E-state index contributed by atoms with van der Waals surface area (Å²) in [6.45, 7) is 0. The van der Waals surface area contributed by atoms with Gasteiger partial charge in [0.25, 0.3) is 10.0 Å². The van der Waals surface area contributed by atoms with Crippen LogP contribution in [0.25, 0.3) is 0 Å². The summed E-state index contributed by atoms with van der Waals surface area (Å²) in [5.74, 6) is -4.73. The second-order valence-corrected chi connectivity index (χ2v) is 6.12. The predicted molar refractivity (Wildman–Crippen MR) is 68.4 cm³/mol. The highest BCUT2D eigenvalue weighted by Gasteiger charge is 2.24. The van der Waals surface area contributed by atoms with E-state index in [1.807, 2.05) is 4.72 Å². The molecule has 0 saturated heterocycles. The minimum Gasteiger partial charge on any atom is -0.478 e. The van der Waals surface area contributed by atoms with E-state index in [-0.39, 0.29) is 5.69 Å². The first-order chi connectivity index (χ1) is 9.31. The molecule has 0 aliphatic heterocycles. The molecule has 0 spiro atoms. The zero-order chi connectivity index (χ0) is 14.9. The van der Waals surface area contributed by atoms with Gasteiger partial charge in [-0.2, -0.15) is 11.3 Å². The number of carboxylic acid groups (broad SMARTS) is 1. The zero-order valence-electron chi connectivity index (χ0n) is 9.63. The predicted octanol–water partition coefficient (Wildman–Crippen LogP) is 2.53. The van der Waals surface area contributed by atoms with Crippen LogP contribution in [0.5, 0.6) is 0 Å². The van der Waals surface area contributed by atoms with Gasteiger partial charge >= 0.3 is 5.97 Å². The molecule has 2 N–H and O–H groups in total. The van der Waals surface area contributed by atoms with Crippen molar-refractivity contribution in [1.82, 2.24) is 0 Å². The van der Waals surface area contributed by atoms with Crippen molar-refractivity contribution in [1.29, 1.82) is 0 Å². The van der Waals surface area contributed by atoms with Crippen LogP contribution in [0.1, 0.15) is 10.4 Å². The quantitative estimate of drug-likeness (QED) is 0.907. The molecule has 0 aliphatic carbocycles. The van der Waals surface area contributed by atoms with Crippen LogP contribution < -0.4 is 4.72 Å². The van der Waals surface area contributed by atoms with E-state index in [0.29, 0.717) is 12.1 Å². The maximum Gasteiger partial charge on any atom is 0.335 e. The summed E-state index contributed by atoms with van der Waals surface area (Å²) in [6.07, 6.45) is 0. The summed E-state index contributed by atoms with van der Waals surface area (Å²) < 4.78 is 52.8. The maximum absolute atomic E-state index is 13.6. The standard InChI is InChI=1S/C11H7F2NO4S2/c12-8-3-6(11(15)16)4-9(10(8)13)20(17,18)14-7-1-2-19-5-7/h1-5,14H,(H,15,16). The van der Waals surface area contributed by atoms with Crippen LogP contribution in [0, 0.1) is 11.6 Å². The molecular formula is C11H7F2NO4S2. The molecule has 0 fully saturated rings. The third-order valence-corrected chi connectivity index (χ3v) is 4.37. The van der Waals surface area contributed by atoms with E-state index in [1.54, 1.807) is 5.38 Å². The molecule has 1 aromatic heterocycles. The van der Waals surface area contributed by atoms with Crippen LogP contribution in [0.3, 0.4) is 0 Å². The molecule has 0 bridgehead atoms. The zero-order valence-corrected chi connectivity index (χ0v) is 11.3. The van der Waals surface area contributed by atoms with Crippen molar-refractivity contribution in [3.63, 3.8) is 0 Å². The lowest BCUT2D eigenvalue weighted by Gasteiger charge is -2.08. The van der Waals surface area contributed by atoms with Gasteiger partial charge in [-0.1, -0.05) is 0 Å². The number of hydrogen-bond donors (Lipinski definition) is 2. The molecular weight excluding hydrogens is 312 g/mol. The minimum absolute atomic E-state index is 0.176. The van der Waals surface area contributed by atoms with Gasteiger partial charge in [-0.3, -0.25) is 4.72 Å². The maximum atomic E-state index is 13.6. The molecule has 9 heteroatoms. The lowest BCUT2D eigenvalue weighted by molar-refractivity contribution is 0.0696. The Labute approximate surface area is 116 Å². The molecule has 0 saturated carbocycles. The normalized spacial score (nSPS) is 11.3. The molecule has 1 heterocycles.